The summed E-state index contributed by atoms with van der Waals surface area (Å²) in [5.41, 5.74) is 1.06. The van der Waals surface area contributed by atoms with Gasteiger partial charge in [-0.3, -0.25) is 0 Å². The molecule has 2 N–H and O–H groups in total. The van der Waals surface area contributed by atoms with Gasteiger partial charge in [-0.15, -0.1) is 0 Å². The summed E-state index contributed by atoms with van der Waals surface area (Å²) in [6.07, 6.45) is 2.48. The van der Waals surface area contributed by atoms with Crippen LogP contribution in [-0.2, 0) is 0 Å². The van der Waals surface area contributed by atoms with Crippen LogP contribution in [0.3, 0.4) is 0 Å². The Morgan fingerprint density at radius 2 is 1.44 bits per heavy atom. The molecule has 0 aliphatic heterocycles. The molecule has 2 heteroatoms. The standard InChI is InChI=1S/C14H30N2/c1-6-8-15-9-7-10-16-11-12-13(2,3)14(12,4)5/h12,15-16H,6-11H2,1-5H3. The van der Waals surface area contributed by atoms with E-state index in [1.54, 1.807) is 0 Å². The summed E-state index contributed by atoms with van der Waals surface area (Å²) in [4.78, 5) is 0. The van der Waals surface area contributed by atoms with E-state index in [4.69, 9.17) is 0 Å². The minimum absolute atomic E-state index is 0.528. The molecule has 0 radical (unpaired) electrons. The van der Waals surface area contributed by atoms with E-state index in [0.717, 1.165) is 25.6 Å². The second kappa shape index (κ2) is 5.50. The maximum atomic E-state index is 3.60. The Hall–Kier alpha value is -0.0800. The quantitative estimate of drug-likeness (QED) is 0.622. The van der Waals surface area contributed by atoms with Crippen LogP contribution >= 0.6 is 0 Å². The molecule has 0 bridgehead atoms. The maximum absolute atomic E-state index is 3.60. The zero-order chi connectivity index (χ0) is 12.2. The van der Waals surface area contributed by atoms with E-state index in [1.807, 2.05) is 0 Å². The number of nitrogens with one attached hydrogen (secondary N) is 2. The van der Waals surface area contributed by atoms with Crippen LogP contribution in [0.2, 0.25) is 0 Å². The summed E-state index contributed by atoms with van der Waals surface area (Å²) in [7, 11) is 0. The molecular weight excluding hydrogens is 196 g/mol. The van der Waals surface area contributed by atoms with Gasteiger partial charge in [-0.25, -0.2) is 0 Å². The van der Waals surface area contributed by atoms with E-state index >= 15 is 0 Å². The molecule has 16 heavy (non-hydrogen) atoms. The topological polar surface area (TPSA) is 24.1 Å². The van der Waals surface area contributed by atoms with Crippen molar-refractivity contribution in [3.63, 3.8) is 0 Å². The predicted octanol–water partition coefficient (Wildman–Crippen LogP) is 2.65. The number of rotatable bonds is 8. The van der Waals surface area contributed by atoms with Gasteiger partial charge in [0.25, 0.3) is 0 Å². The minimum atomic E-state index is 0.528. The normalized spacial score (nSPS) is 22.3. The van der Waals surface area contributed by atoms with Crippen molar-refractivity contribution in [1.29, 1.82) is 0 Å². The molecule has 0 amide bonds. The van der Waals surface area contributed by atoms with Crippen molar-refractivity contribution >= 4 is 0 Å². The van der Waals surface area contributed by atoms with Crippen molar-refractivity contribution in [3.8, 4) is 0 Å². The number of hydrogen-bond donors (Lipinski definition) is 2. The molecule has 0 atom stereocenters. The molecule has 0 saturated heterocycles. The summed E-state index contributed by atoms with van der Waals surface area (Å²) in [6, 6.07) is 0. The van der Waals surface area contributed by atoms with Crippen LogP contribution in [0.1, 0.15) is 47.5 Å². The highest BCUT2D eigenvalue weighted by molar-refractivity contribution is 5.12. The minimum Gasteiger partial charge on any atom is -0.317 e. The Bertz CT molecular complexity index is 195. The molecular formula is C14H30N2. The lowest BCUT2D eigenvalue weighted by Gasteiger charge is -2.06. The first-order valence-corrected chi connectivity index (χ1v) is 6.86. The molecule has 0 heterocycles. The highest BCUT2D eigenvalue weighted by Gasteiger charge is 2.63. The average molecular weight is 226 g/mol. The van der Waals surface area contributed by atoms with Crippen LogP contribution in [0.15, 0.2) is 0 Å². The third-order valence-electron chi connectivity index (χ3n) is 4.80. The van der Waals surface area contributed by atoms with Gasteiger partial charge in [0.1, 0.15) is 0 Å². The Balaban J connectivity index is 1.97. The van der Waals surface area contributed by atoms with E-state index < -0.39 is 0 Å². The summed E-state index contributed by atoms with van der Waals surface area (Å²) in [5, 5.41) is 7.03. The van der Waals surface area contributed by atoms with E-state index in [-0.39, 0.29) is 0 Å². The molecule has 1 rings (SSSR count). The fourth-order valence-corrected chi connectivity index (χ4v) is 2.73. The predicted molar refractivity (Wildman–Crippen MR) is 71.7 cm³/mol. The van der Waals surface area contributed by atoms with Gasteiger partial charge in [0.15, 0.2) is 0 Å². The smallest absolute Gasteiger partial charge is 0.000988 e. The highest BCUT2D eigenvalue weighted by Crippen LogP contribution is 2.67. The molecule has 0 unspecified atom stereocenters. The Labute approximate surface area is 102 Å². The highest BCUT2D eigenvalue weighted by atomic mass is 14.9. The van der Waals surface area contributed by atoms with Crippen LogP contribution in [0.25, 0.3) is 0 Å². The van der Waals surface area contributed by atoms with Gasteiger partial charge in [0.2, 0.25) is 0 Å². The third-order valence-corrected chi connectivity index (χ3v) is 4.80. The second-order valence-electron chi connectivity index (χ2n) is 6.30. The van der Waals surface area contributed by atoms with Crippen molar-refractivity contribution in [2.75, 3.05) is 26.2 Å². The third kappa shape index (κ3) is 2.98. The SMILES string of the molecule is CCCNCCCNCC1C(C)(C)C1(C)C. The van der Waals surface area contributed by atoms with Crippen molar-refractivity contribution < 1.29 is 0 Å². The van der Waals surface area contributed by atoms with Gasteiger partial charge in [-0.2, -0.15) is 0 Å². The van der Waals surface area contributed by atoms with Crippen LogP contribution in [-0.4, -0.2) is 26.2 Å². The molecule has 0 spiro atoms. The Morgan fingerprint density at radius 1 is 0.875 bits per heavy atom. The van der Waals surface area contributed by atoms with E-state index in [1.165, 1.54) is 19.4 Å². The van der Waals surface area contributed by atoms with Gasteiger partial charge in [0.05, 0.1) is 0 Å². The molecule has 0 aromatic heterocycles. The largest absolute Gasteiger partial charge is 0.317 e. The van der Waals surface area contributed by atoms with Crippen LogP contribution in [0.5, 0.6) is 0 Å². The first-order chi connectivity index (χ1) is 7.44. The van der Waals surface area contributed by atoms with E-state index in [2.05, 4.69) is 45.3 Å². The average Bonchev–Trinajstić information content (AvgIpc) is 2.58. The Kier molecular flexibility index (Phi) is 4.81. The zero-order valence-corrected chi connectivity index (χ0v) is 11.8. The summed E-state index contributed by atoms with van der Waals surface area (Å²) in [5.74, 6) is 0.851. The van der Waals surface area contributed by atoms with Gasteiger partial charge in [-0.05, 0) is 55.8 Å². The van der Waals surface area contributed by atoms with Crippen molar-refractivity contribution in [2.24, 2.45) is 16.7 Å². The van der Waals surface area contributed by atoms with Crippen molar-refractivity contribution in [2.45, 2.75) is 47.5 Å². The molecule has 1 aliphatic carbocycles. The summed E-state index contributed by atoms with van der Waals surface area (Å²) < 4.78 is 0. The fourth-order valence-electron chi connectivity index (χ4n) is 2.73. The van der Waals surface area contributed by atoms with Gasteiger partial charge in [0, 0.05) is 0 Å². The van der Waals surface area contributed by atoms with Gasteiger partial charge in [-0.1, -0.05) is 34.6 Å². The maximum Gasteiger partial charge on any atom is -0.000988 e. The van der Waals surface area contributed by atoms with E-state index in [0.29, 0.717) is 10.8 Å². The zero-order valence-electron chi connectivity index (χ0n) is 11.8. The van der Waals surface area contributed by atoms with Crippen molar-refractivity contribution in [3.05, 3.63) is 0 Å². The molecule has 96 valence electrons. The molecule has 0 aromatic rings. The van der Waals surface area contributed by atoms with Crippen molar-refractivity contribution in [1.82, 2.24) is 10.6 Å². The van der Waals surface area contributed by atoms with E-state index in [9.17, 15) is 0 Å². The van der Waals surface area contributed by atoms with Gasteiger partial charge >= 0.3 is 0 Å². The lowest BCUT2D eigenvalue weighted by atomic mass is 10.0. The Morgan fingerprint density at radius 3 is 1.94 bits per heavy atom. The molecule has 0 aromatic carbocycles. The molecule has 1 saturated carbocycles. The lowest BCUT2D eigenvalue weighted by molar-refractivity contribution is 0.457. The monoisotopic (exact) mass is 226 g/mol. The first kappa shape index (κ1) is 14.0. The fraction of sp³-hybridized carbons (Fsp3) is 1.00. The van der Waals surface area contributed by atoms with Crippen LogP contribution in [0, 0.1) is 16.7 Å². The van der Waals surface area contributed by atoms with Crippen LogP contribution in [0.4, 0.5) is 0 Å². The second-order valence-corrected chi connectivity index (χ2v) is 6.30. The van der Waals surface area contributed by atoms with Crippen LogP contribution < -0.4 is 10.6 Å². The number of hydrogen-bond acceptors (Lipinski definition) is 2. The first-order valence-electron chi connectivity index (χ1n) is 6.86. The summed E-state index contributed by atoms with van der Waals surface area (Å²) >= 11 is 0. The summed E-state index contributed by atoms with van der Waals surface area (Å²) in [6.45, 7) is 16.4. The molecule has 2 nitrogen and oxygen atoms in total. The molecule has 1 fully saturated rings. The van der Waals surface area contributed by atoms with Gasteiger partial charge < -0.3 is 10.6 Å². The lowest BCUT2D eigenvalue weighted by Crippen LogP contribution is -2.24. The molecule has 1 aliphatic rings.